The van der Waals surface area contributed by atoms with Crippen molar-refractivity contribution in [2.45, 2.75) is 64.9 Å². The van der Waals surface area contributed by atoms with Crippen LogP contribution in [0.2, 0.25) is 0 Å². The minimum Gasteiger partial charge on any atom is -0.460 e. The van der Waals surface area contributed by atoms with E-state index in [0.717, 1.165) is 45.2 Å². The maximum absolute atomic E-state index is 11.6. The molecule has 0 aliphatic heterocycles. The summed E-state index contributed by atoms with van der Waals surface area (Å²) in [5.41, 5.74) is 5.44. The second kappa shape index (κ2) is 11.1. The van der Waals surface area contributed by atoms with E-state index in [4.69, 9.17) is 10.5 Å². The van der Waals surface area contributed by atoms with Gasteiger partial charge in [0.2, 0.25) is 0 Å². The van der Waals surface area contributed by atoms with Gasteiger partial charge < -0.3 is 15.8 Å². The Hall–Kier alpha value is -1.56. The molecule has 0 aromatic carbocycles. The maximum Gasteiger partial charge on any atom is 0.306 e. The first-order valence-electron chi connectivity index (χ1n) is 8.65. The minimum atomic E-state index is -0.389. The summed E-state index contributed by atoms with van der Waals surface area (Å²) in [5.74, 6) is 0.403. The normalized spacial score (nSPS) is 12.2. The second-order valence-electron chi connectivity index (χ2n) is 6.77. The zero-order valence-corrected chi connectivity index (χ0v) is 16.0. The van der Waals surface area contributed by atoms with Crippen LogP contribution in [0.25, 0.3) is 0 Å². The Morgan fingerprint density at radius 3 is 2.71 bits per heavy atom. The van der Waals surface area contributed by atoms with Crippen LogP contribution in [0.4, 0.5) is 0 Å². The molecule has 1 rings (SSSR count). The Morgan fingerprint density at radius 2 is 2.04 bits per heavy atom. The van der Waals surface area contributed by atoms with Crippen molar-refractivity contribution >= 4 is 23.3 Å². The maximum atomic E-state index is 11.6. The van der Waals surface area contributed by atoms with Crippen molar-refractivity contribution in [3.05, 3.63) is 22.4 Å². The van der Waals surface area contributed by atoms with E-state index in [2.05, 4.69) is 27.8 Å². The predicted molar refractivity (Wildman–Crippen MR) is 101 cm³/mol. The monoisotopic (exact) mass is 353 g/mol. The highest BCUT2D eigenvalue weighted by Crippen LogP contribution is 2.11. The van der Waals surface area contributed by atoms with Crippen LogP contribution in [0.15, 0.2) is 22.5 Å². The first kappa shape index (κ1) is 20.5. The van der Waals surface area contributed by atoms with Gasteiger partial charge in [-0.05, 0) is 51.5 Å². The molecule has 5 nitrogen and oxygen atoms in total. The van der Waals surface area contributed by atoms with E-state index < -0.39 is 0 Å². The summed E-state index contributed by atoms with van der Waals surface area (Å²) >= 11 is 1.75. The highest BCUT2D eigenvalue weighted by Gasteiger charge is 2.15. The van der Waals surface area contributed by atoms with Crippen molar-refractivity contribution in [3.8, 4) is 0 Å². The molecule has 0 amide bonds. The average Bonchev–Trinajstić information content (AvgIpc) is 2.97. The lowest BCUT2D eigenvalue weighted by molar-refractivity contribution is -0.154. The first-order valence-corrected chi connectivity index (χ1v) is 9.53. The molecule has 0 spiro atoms. The van der Waals surface area contributed by atoms with Gasteiger partial charge in [0.25, 0.3) is 0 Å². The number of aliphatic imine (C=N–C) groups is 1. The molecule has 1 aromatic rings. The van der Waals surface area contributed by atoms with Gasteiger partial charge in [-0.3, -0.25) is 9.79 Å². The van der Waals surface area contributed by atoms with E-state index in [1.807, 2.05) is 20.8 Å². The fourth-order valence-electron chi connectivity index (χ4n) is 2.15. The highest BCUT2D eigenvalue weighted by atomic mass is 32.1. The largest absolute Gasteiger partial charge is 0.460 e. The lowest BCUT2D eigenvalue weighted by Crippen LogP contribution is -2.33. The molecule has 136 valence electrons. The molecule has 0 fully saturated rings. The van der Waals surface area contributed by atoms with Crippen LogP contribution < -0.4 is 11.1 Å². The number of thiophene rings is 1. The van der Waals surface area contributed by atoms with Gasteiger partial charge in [0, 0.05) is 24.4 Å². The number of carbonyl (C=O) groups excluding carboxylic acids is 1. The Morgan fingerprint density at radius 1 is 1.29 bits per heavy atom. The zero-order chi connectivity index (χ0) is 17.8. The third-order valence-electron chi connectivity index (χ3n) is 3.25. The number of esters is 1. The summed E-state index contributed by atoms with van der Waals surface area (Å²) in [5, 5.41) is 5.21. The van der Waals surface area contributed by atoms with Gasteiger partial charge in [-0.1, -0.05) is 18.9 Å². The van der Waals surface area contributed by atoms with Crippen molar-refractivity contribution in [2.75, 3.05) is 13.1 Å². The molecule has 0 bridgehead atoms. The van der Waals surface area contributed by atoms with Crippen molar-refractivity contribution in [1.82, 2.24) is 5.32 Å². The molecular formula is C18H31N3O2S. The number of rotatable bonds is 10. The second-order valence-corrected chi connectivity index (χ2v) is 7.81. The smallest absolute Gasteiger partial charge is 0.306 e. The summed E-state index contributed by atoms with van der Waals surface area (Å²) in [7, 11) is 0. The number of guanidine groups is 1. The minimum absolute atomic E-state index is 0.111. The molecule has 24 heavy (non-hydrogen) atoms. The number of nitrogens with zero attached hydrogens (tertiary/aromatic N) is 1. The zero-order valence-electron chi connectivity index (χ0n) is 15.1. The van der Waals surface area contributed by atoms with Crippen LogP contribution in [0.5, 0.6) is 0 Å². The summed E-state index contributed by atoms with van der Waals surface area (Å²) in [6.45, 7) is 7.21. The Bertz CT molecular complexity index is 493. The summed E-state index contributed by atoms with van der Waals surface area (Å²) < 4.78 is 5.28. The van der Waals surface area contributed by atoms with E-state index in [1.165, 1.54) is 4.88 Å². The fraction of sp³-hybridized carbons (Fsp3) is 0.667. The SMILES string of the molecule is CC(C)(C)OC(=O)CCCCCCN=C(N)NCCc1cccs1. The number of nitrogens with one attached hydrogen (secondary N) is 1. The summed E-state index contributed by atoms with van der Waals surface area (Å²) in [6.07, 6.45) is 5.38. The number of hydrogen-bond acceptors (Lipinski definition) is 4. The van der Waals surface area contributed by atoms with Gasteiger partial charge in [-0.25, -0.2) is 0 Å². The molecule has 0 aliphatic rings. The molecule has 3 N–H and O–H groups in total. The quantitative estimate of drug-likeness (QED) is 0.292. The van der Waals surface area contributed by atoms with Gasteiger partial charge in [0.05, 0.1) is 0 Å². The standard InChI is InChI=1S/C18H31N3O2S/c1-18(2,3)23-16(22)10-6-4-5-7-12-20-17(19)21-13-11-15-9-8-14-24-15/h8-9,14H,4-7,10-13H2,1-3H3,(H3,19,20,21). The third kappa shape index (κ3) is 11.0. The van der Waals surface area contributed by atoms with Crippen LogP contribution in [0.1, 0.15) is 57.8 Å². The van der Waals surface area contributed by atoms with Crippen molar-refractivity contribution < 1.29 is 9.53 Å². The molecule has 0 atom stereocenters. The molecule has 1 aromatic heterocycles. The molecule has 6 heteroatoms. The van der Waals surface area contributed by atoms with E-state index in [9.17, 15) is 4.79 Å². The van der Waals surface area contributed by atoms with E-state index in [0.29, 0.717) is 12.4 Å². The van der Waals surface area contributed by atoms with Gasteiger partial charge in [-0.15, -0.1) is 11.3 Å². The van der Waals surface area contributed by atoms with Crippen LogP contribution >= 0.6 is 11.3 Å². The molecule has 0 radical (unpaired) electrons. The first-order chi connectivity index (χ1) is 11.4. The lowest BCUT2D eigenvalue weighted by Gasteiger charge is -2.19. The number of nitrogens with two attached hydrogens (primary N) is 1. The molecule has 0 saturated carbocycles. The van der Waals surface area contributed by atoms with Crippen molar-refractivity contribution in [2.24, 2.45) is 10.7 Å². The van der Waals surface area contributed by atoms with Crippen LogP contribution in [0, 0.1) is 0 Å². The number of carbonyl (C=O) groups is 1. The predicted octanol–water partition coefficient (Wildman–Crippen LogP) is 3.49. The lowest BCUT2D eigenvalue weighted by atomic mass is 10.1. The van der Waals surface area contributed by atoms with Crippen molar-refractivity contribution in [1.29, 1.82) is 0 Å². The van der Waals surface area contributed by atoms with Gasteiger partial charge in [0.1, 0.15) is 5.60 Å². The van der Waals surface area contributed by atoms with Gasteiger partial charge >= 0.3 is 5.97 Å². The Labute approximate surface area is 149 Å². The van der Waals surface area contributed by atoms with Crippen LogP contribution in [-0.4, -0.2) is 30.6 Å². The van der Waals surface area contributed by atoms with Gasteiger partial charge in [0.15, 0.2) is 5.96 Å². The van der Waals surface area contributed by atoms with Crippen LogP contribution in [0.3, 0.4) is 0 Å². The summed E-state index contributed by atoms with van der Waals surface area (Å²) in [4.78, 5) is 17.2. The summed E-state index contributed by atoms with van der Waals surface area (Å²) in [6, 6.07) is 4.18. The highest BCUT2D eigenvalue weighted by molar-refractivity contribution is 7.09. The molecule has 0 saturated heterocycles. The van der Waals surface area contributed by atoms with Crippen LogP contribution in [-0.2, 0) is 16.0 Å². The molecule has 0 aliphatic carbocycles. The fourth-order valence-corrected chi connectivity index (χ4v) is 2.86. The Kier molecular flexibility index (Phi) is 9.45. The van der Waals surface area contributed by atoms with E-state index >= 15 is 0 Å². The van der Waals surface area contributed by atoms with E-state index in [1.54, 1.807) is 11.3 Å². The number of ether oxygens (including phenoxy) is 1. The van der Waals surface area contributed by atoms with Crippen molar-refractivity contribution in [3.63, 3.8) is 0 Å². The Balaban J connectivity index is 1.97. The molecular weight excluding hydrogens is 322 g/mol. The molecule has 1 heterocycles. The topological polar surface area (TPSA) is 76.7 Å². The van der Waals surface area contributed by atoms with E-state index in [-0.39, 0.29) is 11.6 Å². The molecule has 0 unspecified atom stereocenters. The average molecular weight is 354 g/mol. The number of unbranched alkanes of at least 4 members (excludes halogenated alkanes) is 3. The van der Waals surface area contributed by atoms with Gasteiger partial charge in [-0.2, -0.15) is 0 Å². The number of hydrogen-bond donors (Lipinski definition) is 2. The third-order valence-corrected chi connectivity index (χ3v) is 4.18.